The molecule has 0 fully saturated rings. The van der Waals surface area contributed by atoms with Crippen LogP contribution >= 0.6 is 0 Å². The molecule has 1 rings (SSSR count). The van der Waals surface area contributed by atoms with Gasteiger partial charge in [-0.05, 0) is 44.2 Å². The Morgan fingerprint density at radius 3 is 2.44 bits per heavy atom. The number of pyridine rings is 1. The van der Waals surface area contributed by atoms with Crippen molar-refractivity contribution in [3.63, 3.8) is 0 Å². The summed E-state index contributed by atoms with van der Waals surface area (Å²) in [5, 5.41) is 0. The third kappa shape index (κ3) is 5.11. The standard InChI is InChI=1S/C15H23N/c1-3-5-7-10-14-12-9-13-15(16-14)11-8-6-4-2/h3,9,12-13H,1,4-8,10-11H2,2H3. The number of nitrogens with zero attached hydrogens (tertiary/aromatic N) is 1. The zero-order chi connectivity index (χ0) is 11.6. The van der Waals surface area contributed by atoms with Gasteiger partial charge in [-0.2, -0.15) is 0 Å². The molecule has 0 amide bonds. The largest absolute Gasteiger partial charge is 0.258 e. The Balaban J connectivity index is 2.40. The monoisotopic (exact) mass is 217 g/mol. The molecule has 0 saturated carbocycles. The summed E-state index contributed by atoms with van der Waals surface area (Å²) in [5.41, 5.74) is 2.49. The second kappa shape index (κ2) is 8.09. The van der Waals surface area contributed by atoms with Gasteiger partial charge in [0.15, 0.2) is 0 Å². The summed E-state index contributed by atoms with van der Waals surface area (Å²) in [5.74, 6) is 0. The van der Waals surface area contributed by atoms with Crippen LogP contribution in [0.4, 0.5) is 0 Å². The third-order valence-electron chi connectivity index (χ3n) is 2.74. The summed E-state index contributed by atoms with van der Waals surface area (Å²) >= 11 is 0. The highest BCUT2D eigenvalue weighted by atomic mass is 14.7. The molecule has 1 aromatic heterocycles. The molecule has 0 spiro atoms. The van der Waals surface area contributed by atoms with Crippen LogP contribution in [-0.4, -0.2) is 4.98 Å². The van der Waals surface area contributed by atoms with Crippen molar-refractivity contribution in [2.24, 2.45) is 0 Å². The maximum atomic E-state index is 4.68. The van der Waals surface area contributed by atoms with Gasteiger partial charge in [0, 0.05) is 11.4 Å². The minimum atomic E-state index is 1.08. The first-order valence-corrected chi connectivity index (χ1v) is 6.42. The second-order valence-corrected chi connectivity index (χ2v) is 4.26. The van der Waals surface area contributed by atoms with Crippen molar-refractivity contribution < 1.29 is 0 Å². The molecular formula is C15H23N. The quantitative estimate of drug-likeness (QED) is 0.467. The normalized spacial score (nSPS) is 10.3. The van der Waals surface area contributed by atoms with Crippen LogP contribution in [0.1, 0.15) is 50.4 Å². The molecule has 1 aromatic rings. The molecule has 0 aromatic carbocycles. The second-order valence-electron chi connectivity index (χ2n) is 4.26. The van der Waals surface area contributed by atoms with Crippen LogP contribution in [0.5, 0.6) is 0 Å². The van der Waals surface area contributed by atoms with E-state index in [1.54, 1.807) is 0 Å². The molecule has 1 nitrogen and oxygen atoms in total. The minimum absolute atomic E-state index is 1.08. The van der Waals surface area contributed by atoms with E-state index >= 15 is 0 Å². The molecule has 1 heterocycles. The zero-order valence-electron chi connectivity index (χ0n) is 10.4. The van der Waals surface area contributed by atoms with Crippen LogP contribution in [0, 0.1) is 0 Å². The molecule has 0 atom stereocenters. The fourth-order valence-electron chi connectivity index (χ4n) is 1.79. The van der Waals surface area contributed by atoms with Gasteiger partial charge in [0.25, 0.3) is 0 Å². The highest BCUT2D eigenvalue weighted by Gasteiger charge is 1.97. The Morgan fingerprint density at radius 2 is 1.81 bits per heavy atom. The zero-order valence-corrected chi connectivity index (χ0v) is 10.4. The van der Waals surface area contributed by atoms with Crippen molar-refractivity contribution >= 4 is 0 Å². The predicted molar refractivity (Wildman–Crippen MR) is 70.6 cm³/mol. The number of aromatic nitrogens is 1. The Hall–Kier alpha value is -1.11. The van der Waals surface area contributed by atoms with E-state index in [0.717, 1.165) is 25.7 Å². The number of hydrogen-bond donors (Lipinski definition) is 0. The molecule has 0 saturated heterocycles. The van der Waals surface area contributed by atoms with Gasteiger partial charge in [-0.15, -0.1) is 6.58 Å². The molecule has 0 N–H and O–H groups in total. The first-order valence-electron chi connectivity index (χ1n) is 6.42. The highest BCUT2D eigenvalue weighted by molar-refractivity contribution is 5.11. The molecular weight excluding hydrogens is 194 g/mol. The van der Waals surface area contributed by atoms with Crippen molar-refractivity contribution in [1.29, 1.82) is 0 Å². The maximum Gasteiger partial charge on any atom is 0.0407 e. The number of rotatable bonds is 8. The molecule has 0 bridgehead atoms. The van der Waals surface area contributed by atoms with Crippen LogP contribution < -0.4 is 0 Å². The number of hydrogen-bond acceptors (Lipinski definition) is 1. The van der Waals surface area contributed by atoms with E-state index in [0.29, 0.717) is 0 Å². The van der Waals surface area contributed by atoms with Gasteiger partial charge in [0.05, 0.1) is 0 Å². The Labute approximate surface area is 99.6 Å². The van der Waals surface area contributed by atoms with Crippen LogP contribution in [0.25, 0.3) is 0 Å². The molecule has 0 radical (unpaired) electrons. The van der Waals surface area contributed by atoms with Crippen molar-refractivity contribution in [3.8, 4) is 0 Å². The van der Waals surface area contributed by atoms with E-state index in [2.05, 4.69) is 36.7 Å². The van der Waals surface area contributed by atoms with E-state index in [-0.39, 0.29) is 0 Å². The Kier molecular flexibility index (Phi) is 6.55. The van der Waals surface area contributed by atoms with E-state index in [1.807, 2.05) is 6.08 Å². The number of aryl methyl sites for hydroxylation is 2. The van der Waals surface area contributed by atoms with E-state index in [9.17, 15) is 0 Å². The number of allylic oxidation sites excluding steroid dienone is 1. The van der Waals surface area contributed by atoms with Gasteiger partial charge in [-0.25, -0.2) is 0 Å². The lowest BCUT2D eigenvalue weighted by molar-refractivity contribution is 0.702. The van der Waals surface area contributed by atoms with E-state index in [1.165, 1.54) is 30.7 Å². The highest BCUT2D eigenvalue weighted by Crippen LogP contribution is 2.07. The van der Waals surface area contributed by atoms with Crippen LogP contribution in [-0.2, 0) is 12.8 Å². The molecule has 0 aliphatic heterocycles. The third-order valence-corrected chi connectivity index (χ3v) is 2.74. The van der Waals surface area contributed by atoms with Crippen LogP contribution in [0.3, 0.4) is 0 Å². The van der Waals surface area contributed by atoms with Crippen LogP contribution in [0.15, 0.2) is 30.9 Å². The van der Waals surface area contributed by atoms with E-state index < -0.39 is 0 Å². The van der Waals surface area contributed by atoms with Gasteiger partial charge in [-0.1, -0.05) is 31.9 Å². The lowest BCUT2D eigenvalue weighted by Crippen LogP contribution is -1.95. The smallest absolute Gasteiger partial charge is 0.0407 e. The van der Waals surface area contributed by atoms with Gasteiger partial charge in [0.2, 0.25) is 0 Å². The topological polar surface area (TPSA) is 12.9 Å². The molecule has 0 aliphatic carbocycles. The van der Waals surface area contributed by atoms with Crippen molar-refractivity contribution in [2.75, 3.05) is 0 Å². The van der Waals surface area contributed by atoms with E-state index in [4.69, 9.17) is 0 Å². The number of unbranched alkanes of at least 4 members (excludes halogenated alkanes) is 3. The Bertz CT molecular complexity index is 304. The lowest BCUT2D eigenvalue weighted by atomic mass is 10.1. The lowest BCUT2D eigenvalue weighted by Gasteiger charge is -2.03. The van der Waals surface area contributed by atoms with Crippen LogP contribution in [0.2, 0.25) is 0 Å². The molecule has 0 aliphatic rings. The van der Waals surface area contributed by atoms with Gasteiger partial charge in [0.1, 0.15) is 0 Å². The van der Waals surface area contributed by atoms with Gasteiger partial charge < -0.3 is 0 Å². The average molecular weight is 217 g/mol. The summed E-state index contributed by atoms with van der Waals surface area (Å²) in [6, 6.07) is 6.41. The SMILES string of the molecule is C=CCCCc1cccc(CCCCC)n1. The predicted octanol–water partition coefficient (Wildman–Crippen LogP) is 4.32. The Morgan fingerprint density at radius 1 is 1.12 bits per heavy atom. The first kappa shape index (κ1) is 13.0. The first-order chi connectivity index (χ1) is 7.86. The summed E-state index contributed by atoms with van der Waals surface area (Å²) in [4.78, 5) is 4.68. The molecule has 16 heavy (non-hydrogen) atoms. The van der Waals surface area contributed by atoms with Crippen molar-refractivity contribution in [1.82, 2.24) is 4.98 Å². The van der Waals surface area contributed by atoms with Gasteiger partial charge in [-0.3, -0.25) is 4.98 Å². The molecule has 0 unspecified atom stereocenters. The van der Waals surface area contributed by atoms with Crippen molar-refractivity contribution in [3.05, 3.63) is 42.2 Å². The van der Waals surface area contributed by atoms with Crippen molar-refractivity contribution in [2.45, 2.75) is 51.9 Å². The summed E-state index contributed by atoms with van der Waals surface area (Å²) in [7, 11) is 0. The summed E-state index contributed by atoms with van der Waals surface area (Å²) < 4.78 is 0. The average Bonchev–Trinajstić information content (AvgIpc) is 2.30. The molecule has 88 valence electrons. The summed E-state index contributed by atoms with van der Waals surface area (Å²) in [6.45, 7) is 5.97. The van der Waals surface area contributed by atoms with Gasteiger partial charge >= 0.3 is 0 Å². The fourth-order valence-corrected chi connectivity index (χ4v) is 1.79. The molecule has 1 heteroatoms. The fraction of sp³-hybridized carbons (Fsp3) is 0.533. The minimum Gasteiger partial charge on any atom is -0.258 e. The maximum absolute atomic E-state index is 4.68. The summed E-state index contributed by atoms with van der Waals surface area (Å²) in [6.07, 6.45) is 10.3.